The Balaban J connectivity index is 2.74. The Morgan fingerprint density at radius 1 is 1.60 bits per heavy atom. The Morgan fingerprint density at radius 3 is 2.80 bits per heavy atom. The first kappa shape index (κ1) is 12.0. The van der Waals surface area contributed by atoms with Gasteiger partial charge >= 0.3 is 0 Å². The standard InChI is InChI=1S/C12H13ClFN/c1-4-9(2)15(3)8-10-5-6-12(14)11(13)7-10/h1,5-7,9H,8H2,2-3H3. The molecule has 1 unspecified atom stereocenters. The summed E-state index contributed by atoms with van der Waals surface area (Å²) < 4.78 is 12.9. The zero-order valence-corrected chi connectivity index (χ0v) is 9.55. The minimum Gasteiger partial charge on any atom is -0.289 e. The van der Waals surface area contributed by atoms with Crippen LogP contribution in [0, 0.1) is 18.2 Å². The lowest BCUT2D eigenvalue weighted by molar-refractivity contribution is 0.296. The molecule has 0 heterocycles. The topological polar surface area (TPSA) is 3.24 Å². The van der Waals surface area contributed by atoms with Crippen LogP contribution < -0.4 is 0 Å². The third kappa shape index (κ3) is 3.23. The molecule has 80 valence electrons. The van der Waals surface area contributed by atoms with Crippen LogP contribution in [-0.2, 0) is 6.54 Å². The molecule has 3 heteroatoms. The summed E-state index contributed by atoms with van der Waals surface area (Å²) >= 11 is 5.68. The highest BCUT2D eigenvalue weighted by Gasteiger charge is 2.07. The second kappa shape index (κ2) is 5.16. The molecule has 1 nitrogen and oxygen atoms in total. The lowest BCUT2D eigenvalue weighted by Gasteiger charge is -2.20. The first-order valence-electron chi connectivity index (χ1n) is 4.65. The summed E-state index contributed by atoms with van der Waals surface area (Å²) in [6.07, 6.45) is 5.30. The van der Waals surface area contributed by atoms with E-state index in [-0.39, 0.29) is 11.1 Å². The molecule has 0 bridgehead atoms. The van der Waals surface area contributed by atoms with Crippen molar-refractivity contribution in [2.24, 2.45) is 0 Å². The van der Waals surface area contributed by atoms with Crippen molar-refractivity contribution in [2.75, 3.05) is 7.05 Å². The van der Waals surface area contributed by atoms with Crippen LogP contribution in [0.25, 0.3) is 0 Å². The van der Waals surface area contributed by atoms with Crippen LogP contribution >= 0.6 is 11.6 Å². The molecule has 0 saturated carbocycles. The Morgan fingerprint density at radius 2 is 2.27 bits per heavy atom. The van der Waals surface area contributed by atoms with Gasteiger partial charge in [0.25, 0.3) is 0 Å². The van der Waals surface area contributed by atoms with Gasteiger partial charge in [0.1, 0.15) is 5.82 Å². The van der Waals surface area contributed by atoms with E-state index >= 15 is 0 Å². The van der Waals surface area contributed by atoms with E-state index in [0.29, 0.717) is 6.54 Å². The molecule has 15 heavy (non-hydrogen) atoms. The maximum absolute atomic E-state index is 12.9. The number of benzene rings is 1. The quantitative estimate of drug-likeness (QED) is 0.715. The molecule has 0 radical (unpaired) electrons. The van der Waals surface area contributed by atoms with Crippen molar-refractivity contribution >= 4 is 11.6 Å². The molecule has 1 aromatic carbocycles. The molecule has 0 aliphatic heterocycles. The van der Waals surface area contributed by atoms with Gasteiger partial charge in [-0.25, -0.2) is 4.39 Å². The van der Waals surface area contributed by atoms with Crippen LogP contribution in [0.5, 0.6) is 0 Å². The fourth-order valence-corrected chi connectivity index (χ4v) is 1.39. The zero-order valence-electron chi connectivity index (χ0n) is 8.80. The smallest absolute Gasteiger partial charge is 0.141 e. The van der Waals surface area contributed by atoms with Crippen molar-refractivity contribution < 1.29 is 4.39 Å². The molecular formula is C12H13ClFN. The van der Waals surface area contributed by atoms with Gasteiger partial charge in [0.2, 0.25) is 0 Å². The molecule has 0 amide bonds. The van der Waals surface area contributed by atoms with Crippen molar-refractivity contribution in [2.45, 2.75) is 19.5 Å². The van der Waals surface area contributed by atoms with Gasteiger partial charge in [-0.3, -0.25) is 4.90 Å². The van der Waals surface area contributed by atoms with Crippen molar-refractivity contribution in [3.05, 3.63) is 34.6 Å². The Bertz CT molecular complexity index is 384. The van der Waals surface area contributed by atoms with E-state index in [1.165, 1.54) is 6.07 Å². The molecule has 0 N–H and O–H groups in total. The summed E-state index contributed by atoms with van der Waals surface area (Å²) in [5, 5.41) is 0.147. The van der Waals surface area contributed by atoms with Crippen LogP contribution in [0.1, 0.15) is 12.5 Å². The predicted molar refractivity (Wildman–Crippen MR) is 61.2 cm³/mol. The highest BCUT2D eigenvalue weighted by molar-refractivity contribution is 6.30. The molecule has 0 spiro atoms. The first-order valence-corrected chi connectivity index (χ1v) is 5.02. The van der Waals surface area contributed by atoms with Crippen LogP contribution in [0.15, 0.2) is 18.2 Å². The monoisotopic (exact) mass is 225 g/mol. The summed E-state index contributed by atoms with van der Waals surface area (Å²) in [7, 11) is 1.92. The SMILES string of the molecule is C#CC(C)N(C)Cc1ccc(F)c(Cl)c1. The number of hydrogen-bond donors (Lipinski definition) is 0. The largest absolute Gasteiger partial charge is 0.289 e. The normalized spacial score (nSPS) is 12.5. The number of hydrogen-bond acceptors (Lipinski definition) is 1. The highest BCUT2D eigenvalue weighted by atomic mass is 35.5. The molecule has 1 atom stereocenters. The Kier molecular flexibility index (Phi) is 4.14. The van der Waals surface area contributed by atoms with Crippen molar-refractivity contribution in [3.63, 3.8) is 0 Å². The van der Waals surface area contributed by atoms with Gasteiger partial charge in [-0.05, 0) is 31.7 Å². The van der Waals surface area contributed by atoms with E-state index in [1.807, 2.05) is 18.9 Å². The summed E-state index contributed by atoms with van der Waals surface area (Å²) in [6, 6.07) is 4.75. The van der Waals surface area contributed by atoms with Gasteiger partial charge < -0.3 is 0 Å². The molecule has 1 aromatic rings. The van der Waals surface area contributed by atoms with Crippen molar-refractivity contribution in [1.29, 1.82) is 0 Å². The Hall–Kier alpha value is -1.04. The number of nitrogens with zero attached hydrogens (tertiary/aromatic N) is 1. The van der Waals surface area contributed by atoms with Crippen LogP contribution in [-0.4, -0.2) is 18.0 Å². The van der Waals surface area contributed by atoms with Crippen LogP contribution in [0.2, 0.25) is 5.02 Å². The Labute approximate surface area is 94.8 Å². The third-order valence-electron chi connectivity index (χ3n) is 2.32. The van der Waals surface area contributed by atoms with Crippen molar-refractivity contribution in [3.8, 4) is 12.3 Å². The number of halogens is 2. The van der Waals surface area contributed by atoms with Gasteiger partial charge in [-0.15, -0.1) is 6.42 Å². The number of rotatable bonds is 3. The minimum absolute atomic E-state index is 0.0498. The summed E-state index contributed by atoms with van der Waals surface area (Å²) in [6.45, 7) is 2.59. The van der Waals surface area contributed by atoms with Gasteiger partial charge in [0.15, 0.2) is 0 Å². The fraction of sp³-hybridized carbons (Fsp3) is 0.333. The second-order valence-electron chi connectivity index (χ2n) is 3.51. The van der Waals surface area contributed by atoms with Crippen LogP contribution in [0.4, 0.5) is 4.39 Å². The maximum atomic E-state index is 12.9. The third-order valence-corrected chi connectivity index (χ3v) is 2.61. The molecular weight excluding hydrogens is 213 g/mol. The van der Waals surface area contributed by atoms with E-state index in [0.717, 1.165) is 5.56 Å². The van der Waals surface area contributed by atoms with E-state index in [1.54, 1.807) is 12.1 Å². The van der Waals surface area contributed by atoms with Gasteiger partial charge in [0, 0.05) is 6.54 Å². The van der Waals surface area contributed by atoms with Gasteiger partial charge in [0.05, 0.1) is 11.1 Å². The van der Waals surface area contributed by atoms with E-state index < -0.39 is 5.82 Å². The average Bonchev–Trinajstić information content (AvgIpc) is 2.22. The molecule has 1 rings (SSSR count). The molecule has 0 aromatic heterocycles. The summed E-state index contributed by atoms with van der Waals surface area (Å²) in [5.41, 5.74) is 0.950. The maximum Gasteiger partial charge on any atom is 0.141 e. The van der Waals surface area contributed by atoms with E-state index in [9.17, 15) is 4.39 Å². The van der Waals surface area contributed by atoms with Gasteiger partial charge in [-0.1, -0.05) is 23.6 Å². The molecule has 0 fully saturated rings. The van der Waals surface area contributed by atoms with E-state index in [4.69, 9.17) is 18.0 Å². The zero-order chi connectivity index (χ0) is 11.4. The minimum atomic E-state index is -0.395. The number of terminal acetylenes is 1. The summed E-state index contributed by atoms with van der Waals surface area (Å²) in [5.74, 6) is 2.23. The van der Waals surface area contributed by atoms with E-state index in [2.05, 4.69) is 5.92 Å². The summed E-state index contributed by atoms with van der Waals surface area (Å²) in [4.78, 5) is 1.99. The first-order chi connectivity index (χ1) is 7.04. The molecule has 0 aliphatic carbocycles. The molecule has 0 saturated heterocycles. The van der Waals surface area contributed by atoms with Crippen LogP contribution in [0.3, 0.4) is 0 Å². The fourth-order valence-electron chi connectivity index (χ4n) is 1.19. The second-order valence-corrected chi connectivity index (χ2v) is 3.91. The average molecular weight is 226 g/mol. The lowest BCUT2D eigenvalue weighted by Crippen LogP contribution is -2.26. The predicted octanol–water partition coefficient (Wildman–Crippen LogP) is 2.93. The molecule has 0 aliphatic rings. The lowest BCUT2D eigenvalue weighted by atomic mass is 10.2. The highest BCUT2D eigenvalue weighted by Crippen LogP contribution is 2.17. The van der Waals surface area contributed by atoms with Gasteiger partial charge in [-0.2, -0.15) is 0 Å². The van der Waals surface area contributed by atoms with Crippen molar-refractivity contribution in [1.82, 2.24) is 4.90 Å².